The van der Waals surface area contributed by atoms with Crippen molar-refractivity contribution in [1.82, 2.24) is 0 Å². The number of benzene rings is 3. The molecule has 7 heteroatoms. The van der Waals surface area contributed by atoms with Gasteiger partial charge in [0.15, 0.2) is 0 Å². The van der Waals surface area contributed by atoms with Crippen LogP contribution in [-0.4, -0.2) is 37.7 Å². The zero-order chi connectivity index (χ0) is 24.2. The number of rotatable bonds is 8. The Balaban J connectivity index is 0.000000245. The van der Waals surface area contributed by atoms with Crippen molar-refractivity contribution in [3.63, 3.8) is 0 Å². The van der Waals surface area contributed by atoms with Crippen LogP contribution in [0.5, 0.6) is 17.2 Å². The average molecular weight is 452 g/mol. The van der Waals surface area contributed by atoms with E-state index < -0.39 is 0 Å². The van der Waals surface area contributed by atoms with E-state index in [1.54, 1.807) is 54.6 Å². The van der Waals surface area contributed by atoms with Crippen molar-refractivity contribution in [2.24, 2.45) is 0 Å². The molecule has 0 fully saturated rings. The summed E-state index contributed by atoms with van der Waals surface area (Å²) < 4.78 is 15.2. The number of anilines is 1. The topological polar surface area (TPSA) is 108 Å². The molecule has 0 heterocycles. The summed E-state index contributed by atoms with van der Waals surface area (Å²) in [4.78, 5) is 23.7. The van der Waals surface area contributed by atoms with E-state index in [9.17, 15) is 14.7 Å². The van der Waals surface area contributed by atoms with E-state index in [0.717, 1.165) is 12.8 Å². The Hall–Kier alpha value is -4.00. The van der Waals surface area contributed by atoms with Crippen molar-refractivity contribution in [1.29, 1.82) is 0 Å². The van der Waals surface area contributed by atoms with Crippen molar-refractivity contribution < 1.29 is 28.9 Å². The number of nitrogens with two attached hydrogens (primary N) is 1. The molecule has 0 spiro atoms. The third-order valence-electron chi connectivity index (χ3n) is 4.65. The van der Waals surface area contributed by atoms with Crippen LogP contribution in [0.3, 0.4) is 0 Å². The second kappa shape index (κ2) is 12.8. The summed E-state index contributed by atoms with van der Waals surface area (Å²) in [7, 11) is 2.92. The quantitative estimate of drug-likeness (QED) is 0.218. The molecule has 3 aromatic rings. The van der Waals surface area contributed by atoms with Gasteiger partial charge in [-0.1, -0.05) is 43.7 Å². The van der Waals surface area contributed by atoms with Gasteiger partial charge in [0.05, 0.1) is 26.4 Å². The zero-order valence-electron chi connectivity index (χ0n) is 19.0. The van der Waals surface area contributed by atoms with Crippen molar-refractivity contribution in [2.75, 3.05) is 26.6 Å². The number of carbonyl (C=O) groups is 2. The Bertz CT molecular complexity index is 1050. The molecule has 0 aromatic heterocycles. The summed E-state index contributed by atoms with van der Waals surface area (Å²) in [6.07, 6.45) is 1.93. The Morgan fingerprint density at radius 1 is 0.909 bits per heavy atom. The van der Waals surface area contributed by atoms with Gasteiger partial charge in [-0.3, -0.25) is 4.79 Å². The van der Waals surface area contributed by atoms with Gasteiger partial charge < -0.3 is 25.1 Å². The SMILES string of the molecule is CCCCOC(=O)c1ccc(N)cc1.COc1cc(O)c(C(=O)c2ccccc2)c(OC)c1. The first-order valence-corrected chi connectivity index (χ1v) is 10.5. The molecule has 33 heavy (non-hydrogen) atoms. The van der Waals surface area contributed by atoms with Crippen molar-refractivity contribution >= 4 is 17.4 Å². The van der Waals surface area contributed by atoms with E-state index in [-0.39, 0.29) is 28.8 Å². The van der Waals surface area contributed by atoms with Crippen LogP contribution in [0.15, 0.2) is 66.7 Å². The minimum Gasteiger partial charge on any atom is -0.507 e. The van der Waals surface area contributed by atoms with E-state index in [1.165, 1.54) is 20.3 Å². The summed E-state index contributed by atoms with van der Waals surface area (Å²) in [5.74, 6) is -0.0224. The van der Waals surface area contributed by atoms with Crippen LogP contribution in [0.4, 0.5) is 5.69 Å². The van der Waals surface area contributed by atoms with Crippen LogP contribution in [0.2, 0.25) is 0 Å². The van der Waals surface area contributed by atoms with Gasteiger partial charge in [0.25, 0.3) is 0 Å². The monoisotopic (exact) mass is 451 g/mol. The molecule has 0 saturated heterocycles. The average Bonchev–Trinajstić information content (AvgIpc) is 2.84. The van der Waals surface area contributed by atoms with Crippen molar-refractivity contribution in [2.45, 2.75) is 19.8 Å². The summed E-state index contributed by atoms with van der Waals surface area (Å²) >= 11 is 0. The number of esters is 1. The fourth-order valence-electron chi connectivity index (χ4n) is 2.83. The Morgan fingerprint density at radius 3 is 2.15 bits per heavy atom. The fraction of sp³-hybridized carbons (Fsp3) is 0.231. The van der Waals surface area contributed by atoms with Crippen LogP contribution in [-0.2, 0) is 4.74 Å². The molecule has 0 aliphatic heterocycles. The first kappa shape index (κ1) is 25.3. The molecule has 3 rings (SSSR count). The molecule has 0 unspecified atom stereocenters. The first-order chi connectivity index (χ1) is 15.9. The third-order valence-corrected chi connectivity index (χ3v) is 4.65. The molecule has 0 radical (unpaired) electrons. The highest BCUT2D eigenvalue weighted by Crippen LogP contribution is 2.34. The van der Waals surface area contributed by atoms with E-state index >= 15 is 0 Å². The van der Waals surface area contributed by atoms with Gasteiger partial charge in [-0.25, -0.2) is 4.79 Å². The number of aromatic hydroxyl groups is 1. The highest BCUT2D eigenvalue weighted by atomic mass is 16.5. The van der Waals surface area contributed by atoms with Gasteiger partial charge in [-0.2, -0.15) is 0 Å². The predicted molar refractivity (Wildman–Crippen MR) is 127 cm³/mol. The lowest BCUT2D eigenvalue weighted by Crippen LogP contribution is -2.06. The summed E-state index contributed by atoms with van der Waals surface area (Å²) in [6, 6.07) is 18.4. The number of hydrogen-bond donors (Lipinski definition) is 2. The lowest BCUT2D eigenvalue weighted by Gasteiger charge is -2.11. The lowest BCUT2D eigenvalue weighted by atomic mass is 10.0. The number of nitrogen functional groups attached to an aromatic ring is 1. The van der Waals surface area contributed by atoms with Crippen LogP contribution in [0.25, 0.3) is 0 Å². The number of ether oxygens (including phenoxy) is 3. The molecule has 0 aliphatic rings. The predicted octanol–water partition coefficient (Wildman–Crippen LogP) is 4.87. The molecular formula is C26H29NO6. The molecule has 0 amide bonds. The zero-order valence-corrected chi connectivity index (χ0v) is 19.0. The molecule has 0 saturated carbocycles. The van der Waals surface area contributed by atoms with Crippen LogP contribution in [0, 0.1) is 0 Å². The van der Waals surface area contributed by atoms with Gasteiger partial charge in [-0.05, 0) is 30.7 Å². The van der Waals surface area contributed by atoms with Gasteiger partial charge in [0.2, 0.25) is 5.78 Å². The van der Waals surface area contributed by atoms with Gasteiger partial charge in [0.1, 0.15) is 22.8 Å². The van der Waals surface area contributed by atoms with Gasteiger partial charge in [0, 0.05) is 23.4 Å². The maximum absolute atomic E-state index is 12.4. The van der Waals surface area contributed by atoms with E-state index in [1.807, 2.05) is 6.07 Å². The van der Waals surface area contributed by atoms with Crippen LogP contribution in [0.1, 0.15) is 46.0 Å². The lowest BCUT2D eigenvalue weighted by molar-refractivity contribution is 0.0499. The highest BCUT2D eigenvalue weighted by Gasteiger charge is 2.20. The number of methoxy groups -OCH3 is 2. The molecule has 0 aliphatic carbocycles. The minimum absolute atomic E-state index is 0.134. The van der Waals surface area contributed by atoms with Crippen molar-refractivity contribution in [3.05, 3.63) is 83.4 Å². The standard InChI is InChI=1S/C15H14O4.C11H15NO2/c1-18-11-8-12(16)14(13(9-11)19-2)15(17)10-6-4-3-5-7-10;1-2-3-8-14-11(13)9-4-6-10(12)7-5-9/h3-9,16H,1-2H3;4-7H,2-3,8,12H2,1H3. The fourth-order valence-corrected chi connectivity index (χ4v) is 2.83. The Morgan fingerprint density at radius 2 is 1.58 bits per heavy atom. The maximum Gasteiger partial charge on any atom is 0.338 e. The Kier molecular flexibility index (Phi) is 9.77. The number of unbranched alkanes of at least 4 members (excludes halogenated alkanes) is 1. The Labute approximate surface area is 193 Å². The number of phenolic OH excluding ortho intramolecular Hbond substituents is 1. The van der Waals surface area contributed by atoms with Gasteiger partial charge >= 0.3 is 5.97 Å². The molecule has 3 N–H and O–H groups in total. The largest absolute Gasteiger partial charge is 0.507 e. The normalized spacial score (nSPS) is 9.91. The summed E-state index contributed by atoms with van der Waals surface area (Å²) in [6.45, 7) is 2.54. The van der Waals surface area contributed by atoms with E-state index in [4.69, 9.17) is 19.9 Å². The highest BCUT2D eigenvalue weighted by molar-refractivity contribution is 6.12. The number of ketones is 1. The molecule has 174 valence electrons. The van der Waals surface area contributed by atoms with Gasteiger partial charge in [-0.15, -0.1) is 0 Å². The second-order valence-electron chi connectivity index (χ2n) is 7.03. The summed E-state index contributed by atoms with van der Waals surface area (Å²) in [5, 5.41) is 9.99. The number of hydrogen-bond acceptors (Lipinski definition) is 7. The minimum atomic E-state index is -0.294. The molecule has 0 atom stereocenters. The molecular weight excluding hydrogens is 422 g/mol. The van der Waals surface area contributed by atoms with Crippen molar-refractivity contribution in [3.8, 4) is 17.2 Å². The van der Waals surface area contributed by atoms with E-state index in [2.05, 4.69) is 6.92 Å². The maximum atomic E-state index is 12.4. The molecule has 7 nitrogen and oxygen atoms in total. The molecule has 3 aromatic carbocycles. The molecule has 0 bridgehead atoms. The van der Waals surface area contributed by atoms with E-state index in [0.29, 0.717) is 29.2 Å². The second-order valence-corrected chi connectivity index (χ2v) is 7.03. The van der Waals surface area contributed by atoms with Crippen LogP contribution < -0.4 is 15.2 Å². The van der Waals surface area contributed by atoms with Crippen LogP contribution >= 0.6 is 0 Å². The smallest absolute Gasteiger partial charge is 0.338 e. The number of carbonyl (C=O) groups excluding carboxylic acids is 2. The third kappa shape index (κ3) is 7.28. The first-order valence-electron chi connectivity index (χ1n) is 10.5. The summed E-state index contributed by atoms with van der Waals surface area (Å²) in [5.41, 5.74) is 7.32. The number of phenols is 1.